The molecule has 144 valence electrons. The highest BCUT2D eigenvalue weighted by Crippen LogP contribution is 2.25. The van der Waals surface area contributed by atoms with E-state index < -0.39 is 5.60 Å². The zero-order valence-corrected chi connectivity index (χ0v) is 16.5. The first-order valence-electron chi connectivity index (χ1n) is 9.04. The molecule has 0 saturated heterocycles. The van der Waals surface area contributed by atoms with Gasteiger partial charge in [-0.15, -0.1) is 11.3 Å². The second kappa shape index (κ2) is 13.1. The normalized spacial score (nSPS) is 14.3. The van der Waals surface area contributed by atoms with Crippen molar-refractivity contribution in [1.29, 1.82) is 0 Å². The molecule has 0 bridgehead atoms. The number of nitrogens with zero attached hydrogens (tertiary/aromatic N) is 1. The van der Waals surface area contributed by atoms with Crippen LogP contribution < -0.4 is 10.6 Å². The van der Waals surface area contributed by atoms with Crippen LogP contribution in [0, 0.1) is 0 Å². The van der Waals surface area contributed by atoms with Crippen molar-refractivity contribution in [3.05, 3.63) is 22.4 Å². The van der Waals surface area contributed by atoms with Crippen LogP contribution in [-0.2, 0) is 15.1 Å². The maximum atomic E-state index is 10.5. The molecule has 0 aliphatic rings. The Kier molecular flexibility index (Phi) is 11.5. The van der Waals surface area contributed by atoms with Gasteiger partial charge in [0.15, 0.2) is 5.96 Å². The summed E-state index contributed by atoms with van der Waals surface area (Å²) in [7, 11) is 0. The summed E-state index contributed by atoms with van der Waals surface area (Å²) in [5, 5.41) is 18.9. The number of nitrogens with one attached hydrogen (secondary N) is 2. The molecule has 7 heteroatoms. The first-order chi connectivity index (χ1) is 12.1. The molecule has 25 heavy (non-hydrogen) atoms. The van der Waals surface area contributed by atoms with Crippen molar-refractivity contribution in [1.82, 2.24) is 10.6 Å². The van der Waals surface area contributed by atoms with Gasteiger partial charge in [-0.05, 0) is 31.7 Å². The fourth-order valence-electron chi connectivity index (χ4n) is 2.05. The molecule has 0 aliphatic carbocycles. The lowest BCUT2D eigenvalue weighted by Gasteiger charge is -2.20. The molecule has 0 saturated carbocycles. The van der Waals surface area contributed by atoms with Gasteiger partial charge >= 0.3 is 0 Å². The topological polar surface area (TPSA) is 75.1 Å². The lowest BCUT2D eigenvalue weighted by molar-refractivity contribution is 0.0486. The Morgan fingerprint density at radius 2 is 1.96 bits per heavy atom. The molecule has 0 aromatic carbocycles. The van der Waals surface area contributed by atoms with Crippen LogP contribution in [0.2, 0.25) is 0 Å². The van der Waals surface area contributed by atoms with Crippen LogP contribution in [0.4, 0.5) is 0 Å². The van der Waals surface area contributed by atoms with Crippen LogP contribution in [0.1, 0.15) is 38.5 Å². The van der Waals surface area contributed by atoms with Crippen molar-refractivity contribution in [3.8, 4) is 0 Å². The highest BCUT2D eigenvalue weighted by Gasteiger charge is 2.23. The minimum atomic E-state index is -0.956. The van der Waals surface area contributed by atoms with Gasteiger partial charge in [0.2, 0.25) is 0 Å². The summed E-state index contributed by atoms with van der Waals surface area (Å²) in [6.45, 7) is 10.3. The molecule has 3 N–H and O–H groups in total. The van der Waals surface area contributed by atoms with E-state index in [-0.39, 0.29) is 0 Å². The maximum absolute atomic E-state index is 10.5. The molecular formula is C18H33N3O3S. The molecule has 0 fully saturated rings. The largest absolute Gasteiger partial charge is 0.383 e. The zero-order valence-electron chi connectivity index (χ0n) is 15.7. The number of thiophene rings is 1. The number of hydrogen-bond donors (Lipinski definition) is 3. The Bertz CT molecular complexity index is 464. The van der Waals surface area contributed by atoms with Gasteiger partial charge in [-0.3, -0.25) is 0 Å². The number of guanidine groups is 1. The van der Waals surface area contributed by atoms with Gasteiger partial charge < -0.3 is 25.2 Å². The maximum Gasteiger partial charge on any atom is 0.191 e. The minimum absolute atomic E-state index is 0.301. The Labute approximate surface area is 155 Å². The molecule has 1 aromatic heterocycles. The molecule has 0 radical (unpaired) electrons. The van der Waals surface area contributed by atoms with E-state index in [0.29, 0.717) is 38.9 Å². The highest BCUT2D eigenvalue weighted by atomic mass is 32.1. The summed E-state index contributed by atoms with van der Waals surface area (Å²) in [5.74, 6) is 0.683. The molecule has 0 spiro atoms. The summed E-state index contributed by atoms with van der Waals surface area (Å²) in [4.78, 5) is 5.39. The molecule has 1 heterocycles. The fraction of sp³-hybridized carbons (Fsp3) is 0.722. The number of unbranched alkanes of at least 4 members (excludes halogenated alkanes) is 1. The number of rotatable bonds is 13. The van der Waals surface area contributed by atoms with Gasteiger partial charge in [-0.25, -0.2) is 4.99 Å². The van der Waals surface area contributed by atoms with E-state index >= 15 is 0 Å². The quantitative estimate of drug-likeness (QED) is 0.282. The van der Waals surface area contributed by atoms with Crippen LogP contribution in [0.15, 0.2) is 22.5 Å². The molecule has 1 atom stereocenters. The highest BCUT2D eigenvalue weighted by molar-refractivity contribution is 7.10. The predicted molar refractivity (Wildman–Crippen MR) is 104 cm³/mol. The van der Waals surface area contributed by atoms with Crippen molar-refractivity contribution in [3.63, 3.8) is 0 Å². The van der Waals surface area contributed by atoms with E-state index in [2.05, 4.69) is 22.5 Å². The first-order valence-corrected chi connectivity index (χ1v) is 9.92. The molecule has 0 amide bonds. The second-order valence-electron chi connectivity index (χ2n) is 5.95. The summed E-state index contributed by atoms with van der Waals surface area (Å²) in [6, 6.07) is 3.86. The molecule has 1 rings (SSSR count). The van der Waals surface area contributed by atoms with E-state index in [4.69, 9.17) is 9.47 Å². The Hall–Kier alpha value is -1.15. The third-order valence-electron chi connectivity index (χ3n) is 3.49. The Morgan fingerprint density at radius 3 is 2.60 bits per heavy atom. The van der Waals surface area contributed by atoms with Gasteiger partial charge in [-0.2, -0.15) is 0 Å². The molecule has 6 nitrogen and oxygen atoms in total. The third kappa shape index (κ3) is 9.79. The van der Waals surface area contributed by atoms with E-state index in [1.54, 1.807) is 6.92 Å². The second-order valence-corrected chi connectivity index (χ2v) is 6.90. The molecule has 1 unspecified atom stereocenters. The molecule has 0 aliphatic heterocycles. The average Bonchev–Trinajstić information content (AvgIpc) is 3.13. The summed E-state index contributed by atoms with van der Waals surface area (Å²) in [6.07, 6.45) is 2.25. The van der Waals surface area contributed by atoms with Gasteiger partial charge in [-0.1, -0.05) is 19.4 Å². The van der Waals surface area contributed by atoms with Gasteiger partial charge in [0.1, 0.15) is 5.60 Å². The van der Waals surface area contributed by atoms with Crippen LogP contribution >= 0.6 is 11.3 Å². The molecule has 1 aromatic rings. The lowest BCUT2D eigenvalue weighted by Crippen LogP contribution is -2.40. The van der Waals surface area contributed by atoms with Crippen LogP contribution in [0.3, 0.4) is 0 Å². The predicted octanol–water partition coefficient (Wildman–Crippen LogP) is 2.34. The van der Waals surface area contributed by atoms with Gasteiger partial charge in [0.25, 0.3) is 0 Å². The van der Waals surface area contributed by atoms with Crippen molar-refractivity contribution < 1.29 is 14.6 Å². The van der Waals surface area contributed by atoms with Crippen molar-refractivity contribution >= 4 is 17.3 Å². The van der Waals surface area contributed by atoms with Gasteiger partial charge in [0, 0.05) is 24.6 Å². The lowest BCUT2D eigenvalue weighted by atomic mass is 10.1. The number of aliphatic imine (C=N–C) groups is 1. The van der Waals surface area contributed by atoms with E-state index in [9.17, 15) is 5.11 Å². The summed E-state index contributed by atoms with van der Waals surface area (Å²) < 4.78 is 11.0. The minimum Gasteiger partial charge on any atom is -0.383 e. The Morgan fingerprint density at radius 1 is 1.20 bits per heavy atom. The zero-order chi connectivity index (χ0) is 18.4. The number of hydrogen-bond acceptors (Lipinski definition) is 5. The van der Waals surface area contributed by atoms with E-state index in [1.165, 1.54) is 11.3 Å². The molecular weight excluding hydrogens is 338 g/mol. The van der Waals surface area contributed by atoms with Gasteiger partial charge in [0.05, 0.1) is 26.4 Å². The van der Waals surface area contributed by atoms with E-state index in [1.807, 2.05) is 24.4 Å². The number of ether oxygens (including phenoxy) is 2. The monoisotopic (exact) mass is 371 g/mol. The van der Waals surface area contributed by atoms with Crippen LogP contribution in [-0.4, -0.2) is 57.1 Å². The van der Waals surface area contributed by atoms with E-state index in [0.717, 1.165) is 30.9 Å². The first kappa shape index (κ1) is 21.9. The third-order valence-corrected chi connectivity index (χ3v) is 4.62. The average molecular weight is 372 g/mol. The van der Waals surface area contributed by atoms with Crippen molar-refractivity contribution in [2.75, 3.05) is 46.1 Å². The Balaban J connectivity index is 2.25. The van der Waals surface area contributed by atoms with Crippen molar-refractivity contribution in [2.45, 2.75) is 39.2 Å². The smallest absolute Gasteiger partial charge is 0.191 e. The van der Waals surface area contributed by atoms with Crippen LogP contribution in [0.25, 0.3) is 0 Å². The summed E-state index contributed by atoms with van der Waals surface area (Å²) >= 11 is 1.54. The summed E-state index contributed by atoms with van der Waals surface area (Å²) in [5.41, 5.74) is -0.956. The number of aliphatic hydroxyl groups is 1. The fourth-order valence-corrected chi connectivity index (χ4v) is 2.83. The van der Waals surface area contributed by atoms with Crippen LogP contribution in [0.5, 0.6) is 0 Å². The van der Waals surface area contributed by atoms with Crippen molar-refractivity contribution in [2.24, 2.45) is 4.99 Å². The standard InChI is InChI=1S/C18H33N3O3S/c1-4-6-10-23-12-13-24-11-9-20-17(19-5-2)21-15-18(3,22)16-8-7-14-25-16/h7-8,14,22H,4-6,9-13,15H2,1-3H3,(H2,19,20,21). The SMILES string of the molecule is CCCCOCCOCCNC(=NCC(C)(O)c1cccs1)NCC.